The first-order valence-corrected chi connectivity index (χ1v) is 11.4. The molecular formula is C24H25O2P. The number of aliphatic hydroxyl groups is 1. The Kier molecular flexibility index (Phi) is 5.04. The number of aliphatic hydroxyl groups excluding tert-OH is 1. The minimum Gasteiger partial charge on any atom is -0.388 e. The molecule has 0 saturated carbocycles. The van der Waals surface area contributed by atoms with Gasteiger partial charge in [-0.05, 0) is 36.0 Å². The maximum absolute atomic E-state index is 14.9. The number of aryl methyl sites for hydroxylation is 2. The summed E-state index contributed by atoms with van der Waals surface area (Å²) in [4.78, 5) is 0. The molecule has 1 aliphatic rings. The van der Waals surface area contributed by atoms with E-state index in [1.807, 2.05) is 73.7 Å². The molecule has 0 aliphatic carbocycles. The molecule has 3 aromatic carbocycles. The zero-order valence-corrected chi connectivity index (χ0v) is 16.5. The topological polar surface area (TPSA) is 37.3 Å². The minimum absolute atomic E-state index is 0.347. The average molecular weight is 376 g/mol. The molecule has 0 amide bonds. The van der Waals surface area contributed by atoms with Gasteiger partial charge in [-0.25, -0.2) is 0 Å². The summed E-state index contributed by atoms with van der Waals surface area (Å²) in [7, 11) is -3.02. The molecule has 0 bridgehead atoms. The fraction of sp³-hybridized carbons (Fsp3) is 0.250. The Bertz CT molecular complexity index is 929. The van der Waals surface area contributed by atoms with Crippen molar-refractivity contribution in [3.05, 3.63) is 95.6 Å². The van der Waals surface area contributed by atoms with Crippen molar-refractivity contribution < 1.29 is 9.67 Å². The first kappa shape index (κ1) is 18.2. The first-order valence-electron chi connectivity index (χ1n) is 9.66. The summed E-state index contributed by atoms with van der Waals surface area (Å²) in [6, 6.07) is 25.8. The summed E-state index contributed by atoms with van der Waals surface area (Å²) >= 11 is 0. The predicted molar refractivity (Wildman–Crippen MR) is 113 cm³/mol. The van der Waals surface area contributed by atoms with Crippen LogP contribution in [0.25, 0.3) is 0 Å². The zero-order valence-electron chi connectivity index (χ0n) is 15.6. The zero-order chi connectivity index (χ0) is 18.9. The Labute approximate surface area is 161 Å². The van der Waals surface area contributed by atoms with Crippen molar-refractivity contribution in [3.63, 3.8) is 0 Å². The lowest BCUT2D eigenvalue weighted by atomic mass is 10.0. The molecule has 1 N–H and O–H groups in total. The van der Waals surface area contributed by atoms with E-state index in [9.17, 15) is 9.67 Å². The standard InChI is InChI=1S/C24H25O2P/c1-2-21(24(25)20-12-4-3-5-13-20)27(26)22-14-8-6-10-18(22)16-17-19-11-7-9-15-23(19)27/h3-15,21,24-25H,2,16-17H2,1H3/t21-,24+/m1/s1. The molecule has 2 nitrogen and oxygen atoms in total. The summed E-state index contributed by atoms with van der Waals surface area (Å²) in [5.74, 6) is 0. The fourth-order valence-corrected chi connectivity index (χ4v) is 8.30. The van der Waals surface area contributed by atoms with Crippen LogP contribution in [0.3, 0.4) is 0 Å². The van der Waals surface area contributed by atoms with Gasteiger partial charge in [0.15, 0.2) is 0 Å². The molecule has 27 heavy (non-hydrogen) atoms. The van der Waals surface area contributed by atoms with Crippen LogP contribution in [-0.4, -0.2) is 10.8 Å². The lowest BCUT2D eigenvalue weighted by molar-refractivity contribution is 0.169. The summed E-state index contributed by atoms with van der Waals surface area (Å²) in [6.07, 6.45) is 1.65. The Morgan fingerprint density at radius 2 is 1.30 bits per heavy atom. The maximum atomic E-state index is 14.9. The molecular weight excluding hydrogens is 351 g/mol. The fourth-order valence-electron chi connectivity index (χ4n) is 4.40. The Morgan fingerprint density at radius 1 is 0.815 bits per heavy atom. The van der Waals surface area contributed by atoms with Gasteiger partial charge >= 0.3 is 0 Å². The van der Waals surface area contributed by atoms with Crippen LogP contribution in [0.5, 0.6) is 0 Å². The second-order valence-corrected chi connectivity index (χ2v) is 10.2. The molecule has 0 unspecified atom stereocenters. The van der Waals surface area contributed by atoms with Gasteiger partial charge in [-0.3, -0.25) is 0 Å². The average Bonchev–Trinajstić information content (AvgIpc) is 2.85. The summed E-state index contributed by atoms with van der Waals surface area (Å²) < 4.78 is 14.9. The van der Waals surface area contributed by atoms with Gasteiger partial charge in [0.1, 0.15) is 7.14 Å². The van der Waals surface area contributed by atoms with Crippen molar-refractivity contribution >= 4 is 17.8 Å². The highest BCUT2D eigenvalue weighted by molar-refractivity contribution is 7.79. The van der Waals surface area contributed by atoms with Gasteiger partial charge in [-0.15, -0.1) is 0 Å². The van der Waals surface area contributed by atoms with Crippen LogP contribution in [0.15, 0.2) is 78.9 Å². The van der Waals surface area contributed by atoms with Gasteiger partial charge in [-0.1, -0.05) is 85.8 Å². The predicted octanol–water partition coefficient (Wildman–Crippen LogP) is 4.61. The molecule has 0 spiro atoms. The molecule has 4 rings (SSSR count). The van der Waals surface area contributed by atoms with Crippen LogP contribution < -0.4 is 10.6 Å². The molecule has 0 radical (unpaired) electrons. The molecule has 0 fully saturated rings. The number of benzene rings is 3. The number of hydrogen-bond acceptors (Lipinski definition) is 2. The van der Waals surface area contributed by atoms with Crippen molar-refractivity contribution in [2.75, 3.05) is 0 Å². The minimum atomic E-state index is -3.02. The number of fused-ring (bicyclic) bond motifs is 2. The SMILES string of the molecule is CC[C@H]([C@@H](O)c1ccccc1)P1(=O)c2ccccc2CCc2ccccc21. The third-order valence-corrected chi connectivity index (χ3v) is 9.64. The molecule has 3 heteroatoms. The van der Waals surface area contributed by atoms with Gasteiger partial charge in [0.05, 0.1) is 11.8 Å². The summed E-state index contributed by atoms with van der Waals surface area (Å²) in [6.45, 7) is 2.03. The van der Waals surface area contributed by atoms with Gasteiger partial charge in [0.2, 0.25) is 0 Å². The summed E-state index contributed by atoms with van der Waals surface area (Å²) in [5, 5.41) is 13.1. The van der Waals surface area contributed by atoms with Crippen LogP contribution >= 0.6 is 7.14 Å². The molecule has 1 aliphatic heterocycles. The van der Waals surface area contributed by atoms with Crippen LogP contribution in [-0.2, 0) is 17.4 Å². The van der Waals surface area contributed by atoms with E-state index < -0.39 is 13.2 Å². The van der Waals surface area contributed by atoms with E-state index in [0.717, 1.165) is 40.1 Å². The van der Waals surface area contributed by atoms with Crippen molar-refractivity contribution in [3.8, 4) is 0 Å². The summed E-state index contributed by atoms with van der Waals surface area (Å²) in [5.41, 5.74) is 2.78. The third-order valence-electron chi connectivity index (χ3n) is 5.75. The largest absolute Gasteiger partial charge is 0.388 e. The van der Waals surface area contributed by atoms with Crippen LogP contribution in [0.2, 0.25) is 0 Å². The third kappa shape index (κ3) is 3.08. The van der Waals surface area contributed by atoms with Crippen LogP contribution in [0.1, 0.15) is 36.1 Å². The van der Waals surface area contributed by atoms with Gasteiger partial charge in [-0.2, -0.15) is 0 Å². The second-order valence-electron chi connectivity index (χ2n) is 7.25. The van der Waals surface area contributed by atoms with E-state index in [-0.39, 0.29) is 5.66 Å². The van der Waals surface area contributed by atoms with Crippen LogP contribution in [0, 0.1) is 0 Å². The van der Waals surface area contributed by atoms with E-state index in [0.29, 0.717) is 6.42 Å². The normalized spacial score (nSPS) is 17.3. The second kappa shape index (κ2) is 7.46. The van der Waals surface area contributed by atoms with E-state index in [4.69, 9.17) is 0 Å². The molecule has 2 atom stereocenters. The van der Waals surface area contributed by atoms with Crippen molar-refractivity contribution in [1.29, 1.82) is 0 Å². The highest BCUT2D eigenvalue weighted by atomic mass is 31.2. The van der Waals surface area contributed by atoms with Gasteiger partial charge in [0.25, 0.3) is 0 Å². The molecule has 0 saturated heterocycles. The van der Waals surface area contributed by atoms with E-state index in [1.165, 1.54) is 0 Å². The highest BCUT2D eigenvalue weighted by Crippen LogP contribution is 2.56. The highest BCUT2D eigenvalue weighted by Gasteiger charge is 2.43. The van der Waals surface area contributed by atoms with Gasteiger partial charge < -0.3 is 9.67 Å². The van der Waals surface area contributed by atoms with Crippen molar-refractivity contribution in [2.45, 2.75) is 37.9 Å². The van der Waals surface area contributed by atoms with Gasteiger partial charge in [0, 0.05) is 10.6 Å². The smallest absolute Gasteiger partial charge is 0.149 e. The monoisotopic (exact) mass is 376 g/mol. The molecule has 3 aromatic rings. The van der Waals surface area contributed by atoms with Crippen molar-refractivity contribution in [1.82, 2.24) is 0 Å². The number of rotatable bonds is 4. The maximum Gasteiger partial charge on any atom is 0.149 e. The number of hydrogen-bond donors (Lipinski definition) is 1. The lowest BCUT2D eigenvalue weighted by Crippen LogP contribution is -2.31. The Morgan fingerprint density at radius 3 is 1.81 bits per heavy atom. The van der Waals surface area contributed by atoms with Crippen LogP contribution in [0.4, 0.5) is 0 Å². The lowest BCUT2D eigenvalue weighted by Gasteiger charge is -2.32. The molecule has 138 valence electrons. The van der Waals surface area contributed by atoms with E-state index in [2.05, 4.69) is 12.1 Å². The first-order chi connectivity index (χ1) is 13.2. The quantitative estimate of drug-likeness (QED) is 0.675. The van der Waals surface area contributed by atoms with E-state index >= 15 is 0 Å². The van der Waals surface area contributed by atoms with E-state index in [1.54, 1.807) is 0 Å². The Hall–Kier alpha value is -2.15. The van der Waals surface area contributed by atoms with Crippen molar-refractivity contribution in [2.24, 2.45) is 0 Å². The Balaban J connectivity index is 1.95. The molecule has 0 aromatic heterocycles. The molecule has 1 heterocycles.